The van der Waals surface area contributed by atoms with Gasteiger partial charge in [0.2, 0.25) is 10.0 Å². The molecule has 2 aromatic rings. The van der Waals surface area contributed by atoms with Crippen molar-refractivity contribution in [2.24, 2.45) is 0 Å². The summed E-state index contributed by atoms with van der Waals surface area (Å²) in [7, 11) is -3.66. The van der Waals surface area contributed by atoms with E-state index in [2.05, 4.69) is 10.0 Å². The van der Waals surface area contributed by atoms with Gasteiger partial charge >= 0.3 is 5.97 Å². The number of hydrogen-bond acceptors (Lipinski definition) is 6. The molecule has 0 saturated carbocycles. The lowest BCUT2D eigenvalue weighted by molar-refractivity contribution is -0.152. The summed E-state index contributed by atoms with van der Waals surface area (Å²) in [4.78, 5) is 23.8. The van der Waals surface area contributed by atoms with Crippen LogP contribution in [0.1, 0.15) is 18.9 Å². The lowest BCUT2D eigenvalue weighted by atomic mass is 10.2. The Morgan fingerprint density at radius 2 is 2.04 bits per heavy atom. The smallest absolute Gasteiger partial charge is 0.307 e. The van der Waals surface area contributed by atoms with E-state index in [1.807, 2.05) is 0 Å². The molecule has 0 saturated heterocycles. The number of anilines is 1. The number of hydrogen-bond donors (Lipinski definition) is 2. The Morgan fingerprint density at radius 1 is 1.30 bits per heavy atom. The Balaban J connectivity index is 1.79. The molecular weight excluding hydrogens is 395 g/mol. The van der Waals surface area contributed by atoms with Crippen molar-refractivity contribution in [3.8, 4) is 0 Å². The number of sulfonamides is 1. The van der Waals surface area contributed by atoms with Gasteiger partial charge in [0, 0.05) is 12.2 Å². The molecule has 1 aromatic heterocycles. The lowest BCUT2D eigenvalue weighted by Gasteiger charge is -2.14. The molecule has 7 nitrogen and oxygen atoms in total. The van der Waals surface area contributed by atoms with Gasteiger partial charge in [-0.2, -0.15) is 0 Å². The van der Waals surface area contributed by atoms with Crippen LogP contribution in [0.2, 0.25) is 0 Å². The van der Waals surface area contributed by atoms with Crippen molar-refractivity contribution < 1.29 is 27.1 Å². The molecule has 2 rings (SSSR count). The van der Waals surface area contributed by atoms with E-state index >= 15 is 0 Å². The van der Waals surface area contributed by atoms with Gasteiger partial charge in [-0.05, 0) is 43.0 Å². The summed E-state index contributed by atoms with van der Waals surface area (Å²) in [6.07, 6.45) is -1.35. The van der Waals surface area contributed by atoms with Crippen LogP contribution < -0.4 is 10.0 Å². The first kappa shape index (κ1) is 21.0. The molecule has 2 N–H and O–H groups in total. The number of rotatable bonds is 8. The molecular formula is C17H19FN2O5S2. The van der Waals surface area contributed by atoms with Gasteiger partial charge in [-0.1, -0.05) is 12.1 Å². The van der Waals surface area contributed by atoms with E-state index in [-0.39, 0.29) is 22.9 Å². The molecule has 10 heteroatoms. The van der Waals surface area contributed by atoms with Crippen LogP contribution >= 0.6 is 11.3 Å². The Labute approximate surface area is 160 Å². The van der Waals surface area contributed by atoms with Gasteiger partial charge in [0.1, 0.15) is 10.0 Å². The second-order valence-corrected chi connectivity index (χ2v) is 8.61. The summed E-state index contributed by atoms with van der Waals surface area (Å²) in [6, 6.07) is 7.27. The van der Waals surface area contributed by atoms with Gasteiger partial charge in [-0.15, -0.1) is 11.3 Å². The third kappa shape index (κ3) is 6.12. The van der Waals surface area contributed by atoms with E-state index in [1.54, 1.807) is 18.4 Å². The molecule has 1 aromatic carbocycles. The highest BCUT2D eigenvalue weighted by Gasteiger charge is 2.19. The number of thiophene rings is 1. The minimum Gasteiger partial charge on any atom is -0.452 e. The number of nitrogens with one attached hydrogen (secondary N) is 2. The van der Waals surface area contributed by atoms with Crippen molar-refractivity contribution >= 4 is 38.9 Å². The van der Waals surface area contributed by atoms with E-state index in [0.29, 0.717) is 5.56 Å². The molecule has 146 valence electrons. The Bertz CT molecular complexity index is 913. The van der Waals surface area contributed by atoms with Crippen molar-refractivity contribution in [1.29, 1.82) is 0 Å². The number of ether oxygens (including phenoxy) is 1. The number of benzene rings is 1. The van der Waals surface area contributed by atoms with Crippen molar-refractivity contribution in [2.75, 3.05) is 11.9 Å². The van der Waals surface area contributed by atoms with Crippen molar-refractivity contribution in [2.45, 2.75) is 30.6 Å². The molecule has 1 amide bonds. The second kappa shape index (κ2) is 9.07. The predicted molar refractivity (Wildman–Crippen MR) is 99.4 cm³/mol. The number of carbonyl (C=O) groups is 2. The molecule has 0 bridgehead atoms. The molecule has 0 spiro atoms. The Hall–Kier alpha value is -2.30. The van der Waals surface area contributed by atoms with Crippen LogP contribution in [0.15, 0.2) is 39.9 Å². The normalized spacial score (nSPS) is 12.4. The van der Waals surface area contributed by atoms with Gasteiger partial charge < -0.3 is 10.1 Å². The van der Waals surface area contributed by atoms with Gasteiger partial charge in [-0.3, -0.25) is 9.59 Å². The number of halogens is 1. The minimum absolute atomic E-state index is 0.147. The first-order valence-electron chi connectivity index (χ1n) is 7.98. The molecule has 1 unspecified atom stereocenters. The number of esters is 1. The molecule has 0 aliphatic carbocycles. The fourth-order valence-corrected chi connectivity index (χ4v) is 4.07. The summed E-state index contributed by atoms with van der Waals surface area (Å²) in [5.74, 6) is -1.82. The van der Waals surface area contributed by atoms with E-state index in [0.717, 1.165) is 11.3 Å². The fourth-order valence-electron chi connectivity index (χ4n) is 2.00. The largest absolute Gasteiger partial charge is 0.452 e. The maximum absolute atomic E-state index is 13.5. The summed E-state index contributed by atoms with van der Waals surface area (Å²) in [5, 5.41) is 4.08. The topological polar surface area (TPSA) is 102 Å². The highest BCUT2D eigenvalue weighted by Crippen LogP contribution is 2.15. The van der Waals surface area contributed by atoms with Crippen LogP contribution in [0, 0.1) is 12.7 Å². The van der Waals surface area contributed by atoms with Crippen LogP contribution in [0.4, 0.5) is 10.1 Å². The fraction of sp³-hybridized carbons (Fsp3) is 0.294. The van der Waals surface area contributed by atoms with Crippen molar-refractivity contribution in [1.82, 2.24) is 4.72 Å². The zero-order valence-electron chi connectivity index (χ0n) is 14.7. The highest BCUT2D eigenvalue weighted by molar-refractivity contribution is 7.91. The molecule has 0 fully saturated rings. The molecule has 0 aliphatic heterocycles. The monoisotopic (exact) mass is 414 g/mol. The number of carbonyl (C=O) groups excluding carboxylic acids is 2. The van der Waals surface area contributed by atoms with Gasteiger partial charge in [-0.25, -0.2) is 17.5 Å². The first-order chi connectivity index (χ1) is 12.7. The van der Waals surface area contributed by atoms with Crippen LogP contribution in [0.25, 0.3) is 0 Å². The Kier molecular flexibility index (Phi) is 7.05. The quantitative estimate of drug-likeness (QED) is 0.646. The molecule has 27 heavy (non-hydrogen) atoms. The van der Waals surface area contributed by atoms with Crippen LogP contribution in [0.3, 0.4) is 0 Å². The Morgan fingerprint density at radius 3 is 2.67 bits per heavy atom. The predicted octanol–water partition coefficient (Wildman–Crippen LogP) is 2.43. The third-order valence-corrected chi connectivity index (χ3v) is 6.36. The lowest BCUT2D eigenvalue weighted by Crippen LogP contribution is -2.32. The van der Waals surface area contributed by atoms with E-state index in [9.17, 15) is 22.4 Å². The standard InChI is InChI=1S/C17H19FN2O5S2/c1-11-5-6-13(10-14(11)18)20-17(22)12(2)25-15(21)7-8-19-27(23,24)16-4-3-9-26-16/h3-6,9-10,12,19H,7-8H2,1-2H3,(H,20,22). The van der Waals surface area contributed by atoms with Crippen molar-refractivity contribution in [3.05, 3.63) is 47.1 Å². The molecule has 1 atom stereocenters. The average molecular weight is 414 g/mol. The van der Waals surface area contributed by atoms with Crippen LogP contribution in [-0.4, -0.2) is 32.9 Å². The van der Waals surface area contributed by atoms with E-state index in [4.69, 9.17) is 4.74 Å². The number of amides is 1. The zero-order chi connectivity index (χ0) is 20.0. The van der Waals surface area contributed by atoms with Gasteiger partial charge in [0.15, 0.2) is 6.10 Å². The summed E-state index contributed by atoms with van der Waals surface area (Å²) >= 11 is 1.06. The molecule has 1 heterocycles. The zero-order valence-corrected chi connectivity index (χ0v) is 16.3. The van der Waals surface area contributed by atoms with Gasteiger partial charge in [0.05, 0.1) is 6.42 Å². The maximum Gasteiger partial charge on any atom is 0.307 e. The first-order valence-corrected chi connectivity index (χ1v) is 10.3. The van der Waals surface area contributed by atoms with E-state index < -0.39 is 33.8 Å². The van der Waals surface area contributed by atoms with Crippen LogP contribution in [-0.2, 0) is 24.3 Å². The molecule has 0 aliphatic rings. The maximum atomic E-state index is 13.5. The minimum atomic E-state index is -3.66. The van der Waals surface area contributed by atoms with Gasteiger partial charge in [0.25, 0.3) is 5.91 Å². The van der Waals surface area contributed by atoms with Crippen LogP contribution in [0.5, 0.6) is 0 Å². The summed E-state index contributed by atoms with van der Waals surface area (Å²) < 4.78 is 44.7. The molecule has 0 radical (unpaired) electrons. The van der Waals surface area contributed by atoms with E-state index in [1.165, 1.54) is 31.2 Å². The second-order valence-electron chi connectivity index (χ2n) is 5.67. The highest BCUT2D eigenvalue weighted by atomic mass is 32.2. The number of aryl methyl sites for hydroxylation is 1. The summed E-state index contributed by atoms with van der Waals surface area (Å²) in [5.41, 5.74) is 0.687. The van der Waals surface area contributed by atoms with Crippen molar-refractivity contribution in [3.63, 3.8) is 0 Å². The SMILES string of the molecule is Cc1ccc(NC(=O)C(C)OC(=O)CCNS(=O)(=O)c2cccs2)cc1F. The third-order valence-electron chi connectivity index (χ3n) is 3.50. The average Bonchev–Trinajstić information content (AvgIpc) is 3.13. The summed E-state index contributed by atoms with van der Waals surface area (Å²) in [6.45, 7) is 2.81.